The number of rotatable bonds is 9. The number of benzene rings is 1. The van der Waals surface area contributed by atoms with Crippen LogP contribution in [0.1, 0.15) is 86.0 Å². The van der Waals surface area contributed by atoms with Crippen LogP contribution in [-0.2, 0) is 16.7 Å². The molecule has 232 valence electrons. The molecule has 4 aromatic rings. The standard InChI is InChI=1S/C32H38N6O5S/c1-7-41-25-17-22(28(39)38-15-11-14-24(38)27-33-20(2)19-44-27)16-23(34-25)26-36-37-29(42-26)32(6,18-21-12-9-8-10-13-21)35-30(40)43-31(3,4)5/h8-10,12-13,16-17,19,24H,7,11,14-15,18H2,1-6H3,(H,35,40)/t24-,32-/m1/s1. The van der Waals surface area contributed by atoms with Gasteiger partial charge in [-0.15, -0.1) is 21.5 Å². The second-order valence-corrected chi connectivity index (χ2v) is 12.9. The lowest BCUT2D eigenvalue weighted by atomic mass is 9.92. The molecule has 0 saturated carbocycles. The fourth-order valence-corrected chi connectivity index (χ4v) is 6.12. The fraction of sp³-hybridized carbons (Fsp3) is 0.438. The van der Waals surface area contributed by atoms with Gasteiger partial charge in [0.2, 0.25) is 11.8 Å². The lowest BCUT2D eigenvalue weighted by Crippen LogP contribution is -2.47. The zero-order valence-electron chi connectivity index (χ0n) is 25.9. The summed E-state index contributed by atoms with van der Waals surface area (Å²) >= 11 is 1.57. The number of amides is 2. The first-order chi connectivity index (χ1) is 20.9. The van der Waals surface area contributed by atoms with Crippen LogP contribution in [-0.4, -0.2) is 55.8 Å². The van der Waals surface area contributed by atoms with E-state index in [-0.39, 0.29) is 29.6 Å². The fourth-order valence-electron chi connectivity index (χ4n) is 5.17. The molecule has 1 aromatic carbocycles. The number of hydrogen-bond donors (Lipinski definition) is 1. The summed E-state index contributed by atoms with van der Waals surface area (Å²) in [6, 6.07) is 12.9. The lowest BCUT2D eigenvalue weighted by molar-refractivity contribution is 0.0443. The molecule has 2 amide bonds. The Morgan fingerprint density at radius 2 is 1.89 bits per heavy atom. The molecule has 11 nitrogen and oxygen atoms in total. The van der Waals surface area contributed by atoms with Crippen LogP contribution < -0.4 is 10.1 Å². The molecule has 0 bridgehead atoms. The van der Waals surface area contributed by atoms with Crippen LogP contribution in [0, 0.1) is 6.92 Å². The Balaban J connectivity index is 1.47. The molecular formula is C32H38N6O5S. The van der Waals surface area contributed by atoms with E-state index in [1.54, 1.807) is 51.2 Å². The van der Waals surface area contributed by atoms with Gasteiger partial charge in [0, 0.05) is 35.7 Å². The molecule has 5 rings (SSSR count). The van der Waals surface area contributed by atoms with Gasteiger partial charge in [0.15, 0.2) is 0 Å². The van der Waals surface area contributed by atoms with E-state index in [4.69, 9.17) is 13.9 Å². The number of ether oxygens (including phenoxy) is 2. The number of nitrogens with zero attached hydrogens (tertiary/aromatic N) is 5. The van der Waals surface area contributed by atoms with Crippen LogP contribution in [0.3, 0.4) is 0 Å². The molecule has 1 aliphatic rings. The van der Waals surface area contributed by atoms with Crippen molar-refractivity contribution in [2.24, 2.45) is 0 Å². The number of carbonyl (C=O) groups excluding carboxylic acids is 2. The quantitative estimate of drug-likeness (QED) is 0.231. The lowest BCUT2D eigenvalue weighted by Gasteiger charge is -2.29. The maximum absolute atomic E-state index is 13.9. The largest absolute Gasteiger partial charge is 0.478 e. The monoisotopic (exact) mass is 618 g/mol. The highest BCUT2D eigenvalue weighted by Gasteiger charge is 2.37. The van der Waals surface area contributed by atoms with E-state index in [1.165, 1.54) is 0 Å². The topological polar surface area (TPSA) is 133 Å². The highest BCUT2D eigenvalue weighted by molar-refractivity contribution is 7.09. The van der Waals surface area contributed by atoms with Gasteiger partial charge < -0.3 is 24.1 Å². The van der Waals surface area contributed by atoms with Crippen molar-refractivity contribution in [2.75, 3.05) is 13.2 Å². The van der Waals surface area contributed by atoms with Gasteiger partial charge >= 0.3 is 6.09 Å². The van der Waals surface area contributed by atoms with E-state index >= 15 is 0 Å². The molecule has 0 spiro atoms. The van der Waals surface area contributed by atoms with E-state index in [2.05, 4.69) is 25.5 Å². The molecule has 2 atom stereocenters. The number of alkyl carbamates (subject to hydrolysis) is 1. The second kappa shape index (κ2) is 12.7. The van der Waals surface area contributed by atoms with Crippen molar-refractivity contribution in [3.05, 3.63) is 75.6 Å². The zero-order valence-corrected chi connectivity index (χ0v) is 26.7. The summed E-state index contributed by atoms with van der Waals surface area (Å²) in [4.78, 5) is 37.8. The third-order valence-electron chi connectivity index (χ3n) is 7.07. The summed E-state index contributed by atoms with van der Waals surface area (Å²) < 4.78 is 17.5. The predicted octanol–water partition coefficient (Wildman–Crippen LogP) is 6.26. The smallest absolute Gasteiger partial charge is 0.408 e. The first-order valence-corrected chi connectivity index (χ1v) is 15.6. The second-order valence-electron chi connectivity index (χ2n) is 12.0. The van der Waals surface area contributed by atoms with Gasteiger partial charge in [-0.05, 0) is 66.0 Å². The first kappa shape index (κ1) is 31.1. The molecule has 0 unspecified atom stereocenters. The number of pyridine rings is 1. The first-order valence-electron chi connectivity index (χ1n) is 14.7. The van der Waals surface area contributed by atoms with Crippen LogP contribution >= 0.6 is 11.3 Å². The number of likely N-dealkylation sites (tertiary alicyclic amines) is 1. The van der Waals surface area contributed by atoms with Crippen LogP contribution in [0.25, 0.3) is 11.6 Å². The summed E-state index contributed by atoms with van der Waals surface area (Å²) in [6.45, 7) is 12.0. The Kier molecular flexibility index (Phi) is 9.00. The van der Waals surface area contributed by atoms with Crippen molar-refractivity contribution >= 4 is 23.3 Å². The normalized spacial score (nSPS) is 16.4. The average molecular weight is 619 g/mol. The van der Waals surface area contributed by atoms with Gasteiger partial charge in [0.1, 0.15) is 21.8 Å². The number of nitrogens with one attached hydrogen (secondary N) is 1. The minimum absolute atomic E-state index is 0.0824. The Labute approximate surface area is 261 Å². The molecule has 3 aromatic heterocycles. The Morgan fingerprint density at radius 1 is 1.11 bits per heavy atom. The third-order valence-corrected chi connectivity index (χ3v) is 8.13. The van der Waals surface area contributed by atoms with Gasteiger partial charge in [-0.3, -0.25) is 4.79 Å². The number of hydrogen-bond acceptors (Lipinski definition) is 10. The van der Waals surface area contributed by atoms with Crippen molar-refractivity contribution in [1.29, 1.82) is 0 Å². The third kappa shape index (κ3) is 7.24. The predicted molar refractivity (Wildman–Crippen MR) is 165 cm³/mol. The minimum Gasteiger partial charge on any atom is -0.478 e. The summed E-state index contributed by atoms with van der Waals surface area (Å²) in [5, 5.41) is 14.5. The molecule has 1 saturated heterocycles. The number of aromatic nitrogens is 4. The SMILES string of the molecule is CCOc1cc(C(=O)N2CCC[C@@H]2c2nc(C)cs2)cc(-c2nnc([C@@](C)(Cc3ccccc3)NC(=O)OC(C)(C)C)o2)n1. The van der Waals surface area contributed by atoms with Crippen LogP contribution in [0.2, 0.25) is 0 Å². The highest BCUT2D eigenvalue weighted by Crippen LogP contribution is 2.36. The van der Waals surface area contributed by atoms with Gasteiger partial charge in [-0.1, -0.05) is 30.3 Å². The van der Waals surface area contributed by atoms with E-state index in [0.717, 1.165) is 29.1 Å². The molecule has 1 N–H and O–H groups in total. The van der Waals surface area contributed by atoms with Crippen molar-refractivity contribution in [3.63, 3.8) is 0 Å². The van der Waals surface area contributed by atoms with Crippen LogP contribution in [0.4, 0.5) is 4.79 Å². The molecule has 0 radical (unpaired) electrons. The average Bonchev–Trinajstić information content (AvgIpc) is 3.73. The van der Waals surface area contributed by atoms with Gasteiger partial charge in [-0.25, -0.2) is 14.8 Å². The van der Waals surface area contributed by atoms with Crippen molar-refractivity contribution in [1.82, 2.24) is 30.4 Å². The van der Waals surface area contributed by atoms with Gasteiger partial charge in [0.25, 0.3) is 11.8 Å². The Morgan fingerprint density at radius 3 is 2.57 bits per heavy atom. The maximum Gasteiger partial charge on any atom is 0.408 e. The summed E-state index contributed by atoms with van der Waals surface area (Å²) in [5.41, 5.74) is 0.777. The molecule has 44 heavy (non-hydrogen) atoms. The van der Waals surface area contributed by atoms with E-state index < -0.39 is 17.2 Å². The van der Waals surface area contributed by atoms with Crippen LogP contribution in [0.5, 0.6) is 5.88 Å². The molecule has 1 aliphatic heterocycles. The highest BCUT2D eigenvalue weighted by atomic mass is 32.1. The molecule has 12 heteroatoms. The summed E-state index contributed by atoms with van der Waals surface area (Å²) in [7, 11) is 0. The number of aryl methyl sites for hydroxylation is 1. The zero-order chi connectivity index (χ0) is 31.5. The van der Waals surface area contributed by atoms with E-state index in [9.17, 15) is 9.59 Å². The van der Waals surface area contributed by atoms with Crippen molar-refractivity contribution in [2.45, 2.75) is 78.0 Å². The van der Waals surface area contributed by atoms with Crippen molar-refractivity contribution < 1.29 is 23.5 Å². The Bertz CT molecular complexity index is 1610. The van der Waals surface area contributed by atoms with Gasteiger partial charge in [-0.2, -0.15) is 0 Å². The maximum atomic E-state index is 13.9. The molecule has 4 heterocycles. The summed E-state index contributed by atoms with van der Waals surface area (Å²) in [5.74, 6) is 0.380. The van der Waals surface area contributed by atoms with Gasteiger partial charge in [0.05, 0.1) is 12.6 Å². The number of carbonyl (C=O) groups is 2. The number of thiazole rings is 1. The van der Waals surface area contributed by atoms with Crippen LogP contribution in [0.15, 0.2) is 52.3 Å². The summed E-state index contributed by atoms with van der Waals surface area (Å²) in [6.07, 6.45) is 1.49. The Hall–Kier alpha value is -4.32. The van der Waals surface area contributed by atoms with E-state index in [0.29, 0.717) is 30.8 Å². The molecular weight excluding hydrogens is 580 g/mol. The van der Waals surface area contributed by atoms with E-state index in [1.807, 2.05) is 54.5 Å². The minimum atomic E-state index is -1.11. The van der Waals surface area contributed by atoms with Crippen molar-refractivity contribution in [3.8, 4) is 17.5 Å². The molecule has 1 fully saturated rings. The molecule has 0 aliphatic carbocycles.